The molecule has 0 aromatic heterocycles. The third kappa shape index (κ3) is 4.29. The summed E-state index contributed by atoms with van der Waals surface area (Å²) in [5.74, 6) is -0.574. The van der Waals surface area contributed by atoms with Crippen molar-refractivity contribution in [3.05, 3.63) is 63.6 Å². The lowest BCUT2D eigenvalue weighted by atomic mass is 10.0. The van der Waals surface area contributed by atoms with Gasteiger partial charge in [0.2, 0.25) is 5.91 Å². The lowest BCUT2D eigenvalue weighted by Crippen LogP contribution is -2.39. The van der Waals surface area contributed by atoms with E-state index in [0.717, 1.165) is 17.7 Å². The van der Waals surface area contributed by atoms with E-state index in [1.54, 1.807) is 18.2 Å². The van der Waals surface area contributed by atoms with Gasteiger partial charge >= 0.3 is 6.18 Å². The van der Waals surface area contributed by atoms with Crippen LogP contribution in [0.5, 0.6) is 0 Å². The molecule has 1 fully saturated rings. The van der Waals surface area contributed by atoms with Gasteiger partial charge in [0.15, 0.2) is 0 Å². The SMILES string of the molecule is O=C(Nc1ccc(Cl)cc1C(F)(F)F)C1CC(c2cccc(Cl)c2)NN1. The number of anilines is 1. The molecule has 3 N–H and O–H groups in total. The maximum Gasteiger partial charge on any atom is 0.418 e. The predicted molar refractivity (Wildman–Crippen MR) is 94.0 cm³/mol. The molecule has 0 bridgehead atoms. The van der Waals surface area contributed by atoms with Crippen molar-refractivity contribution in [2.75, 3.05) is 5.32 Å². The molecule has 1 aliphatic rings. The van der Waals surface area contributed by atoms with E-state index in [4.69, 9.17) is 23.2 Å². The van der Waals surface area contributed by atoms with Crippen LogP contribution in [0, 0.1) is 0 Å². The van der Waals surface area contributed by atoms with Crippen molar-refractivity contribution in [1.29, 1.82) is 0 Å². The third-order valence-electron chi connectivity index (χ3n) is 4.02. The Labute approximate surface area is 157 Å². The van der Waals surface area contributed by atoms with E-state index in [1.807, 2.05) is 6.07 Å². The van der Waals surface area contributed by atoms with E-state index in [1.165, 1.54) is 6.07 Å². The van der Waals surface area contributed by atoms with E-state index in [0.29, 0.717) is 11.4 Å². The van der Waals surface area contributed by atoms with Gasteiger partial charge in [0.05, 0.1) is 11.3 Å². The van der Waals surface area contributed by atoms with Crippen LogP contribution < -0.4 is 16.2 Å². The molecule has 1 saturated heterocycles. The van der Waals surface area contributed by atoms with Crippen LogP contribution in [0.4, 0.5) is 18.9 Å². The summed E-state index contributed by atoms with van der Waals surface area (Å²) in [6, 6.07) is 9.47. The molecule has 0 spiro atoms. The fourth-order valence-corrected chi connectivity index (χ4v) is 3.12. The second-order valence-corrected chi connectivity index (χ2v) is 6.73. The van der Waals surface area contributed by atoms with E-state index in [9.17, 15) is 18.0 Å². The molecule has 2 atom stereocenters. The van der Waals surface area contributed by atoms with Crippen LogP contribution >= 0.6 is 23.2 Å². The van der Waals surface area contributed by atoms with Gasteiger partial charge in [0.1, 0.15) is 6.04 Å². The fraction of sp³-hybridized carbons (Fsp3) is 0.235. The van der Waals surface area contributed by atoms with Gasteiger partial charge < -0.3 is 5.32 Å². The molecule has 1 aliphatic heterocycles. The first kappa shape index (κ1) is 19.0. The van der Waals surface area contributed by atoms with Crippen LogP contribution in [0.15, 0.2) is 42.5 Å². The molecule has 3 rings (SSSR count). The number of halogens is 5. The molecule has 0 saturated carbocycles. The van der Waals surface area contributed by atoms with E-state index >= 15 is 0 Å². The van der Waals surface area contributed by atoms with Gasteiger partial charge in [0.25, 0.3) is 0 Å². The van der Waals surface area contributed by atoms with Crippen LogP contribution in [0.2, 0.25) is 10.0 Å². The molecule has 26 heavy (non-hydrogen) atoms. The summed E-state index contributed by atoms with van der Waals surface area (Å²) in [6.45, 7) is 0. The molecule has 1 amide bonds. The molecule has 0 aliphatic carbocycles. The normalized spacial score (nSPS) is 20.2. The van der Waals surface area contributed by atoms with Crippen molar-refractivity contribution in [2.45, 2.75) is 24.7 Å². The summed E-state index contributed by atoms with van der Waals surface area (Å²) < 4.78 is 39.4. The maximum absolute atomic E-state index is 13.1. The average molecular weight is 404 g/mol. The number of amides is 1. The first-order valence-corrected chi connectivity index (χ1v) is 8.44. The average Bonchev–Trinajstić information content (AvgIpc) is 3.06. The quantitative estimate of drug-likeness (QED) is 0.703. The number of carbonyl (C=O) groups is 1. The van der Waals surface area contributed by atoms with Crippen LogP contribution in [-0.2, 0) is 11.0 Å². The van der Waals surface area contributed by atoms with Gasteiger partial charge in [-0.25, -0.2) is 10.9 Å². The summed E-state index contributed by atoms with van der Waals surface area (Å²) >= 11 is 11.6. The summed E-state index contributed by atoms with van der Waals surface area (Å²) in [6.07, 6.45) is -4.26. The zero-order chi connectivity index (χ0) is 18.9. The highest BCUT2D eigenvalue weighted by Crippen LogP contribution is 2.36. The Bertz CT molecular complexity index is 829. The highest BCUT2D eigenvalue weighted by Gasteiger charge is 2.36. The van der Waals surface area contributed by atoms with Gasteiger partial charge in [-0.15, -0.1) is 0 Å². The zero-order valence-electron chi connectivity index (χ0n) is 13.2. The molecule has 2 aromatic rings. The number of alkyl halides is 3. The Kier molecular flexibility index (Phi) is 5.43. The Morgan fingerprint density at radius 3 is 2.50 bits per heavy atom. The van der Waals surface area contributed by atoms with Crippen LogP contribution in [0.25, 0.3) is 0 Å². The van der Waals surface area contributed by atoms with Crippen molar-refractivity contribution in [2.24, 2.45) is 0 Å². The Balaban J connectivity index is 1.72. The van der Waals surface area contributed by atoms with Crippen LogP contribution in [-0.4, -0.2) is 11.9 Å². The fourth-order valence-electron chi connectivity index (χ4n) is 2.75. The van der Waals surface area contributed by atoms with E-state index in [2.05, 4.69) is 16.2 Å². The Morgan fingerprint density at radius 2 is 1.81 bits per heavy atom. The largest absolute Gasteiger partial charge is 0.418 e. The number of hydrogen-bond acceptors (Lipinski definition) is 3. The minimum atomic E-state index is -4.63. The number of rotatable bonds is 3. The summed E-state index contributed by atoms with van der Waals surface area (Å²) in [4.78, 5) is 12.4. The number of carbonyl (C=O) groups excluding carboxylic acids is 1. The minimum Gasteiger partial charge on any atom is -0.324 e. The zero-order valence-corrected chi connectivity index (χ0v) is 14.7. The van der Waals surface area contributed by atoms with E-state index in [-0.39, 0.29) is 16.8 Å². The highest BCUT2D eigenvalue weighted by atomic mass is 35.5. The van der Waals surface area contributed by atoms with Gasteiger partial charge in [-0.3, -0.25) is 4.79 Å². The molecule has 2 aromatic carbocycles. The summed E-state index contributed by atoms with van der Waals surface area (Å²) in [7, 11) is 0. The van der Waals surface area contributed by atoms with E-state index < -0.39 is 23.7 Å². The number of hydrazine groups is 1. The first-order chi connectivity index (χ1) is 12.2. The van der Waals surface area contributed by atoms with Crippen molar-refractivity contribution in [1.82, 2.24) is 10.9 Å². The predicted octanol–water partition coefficient (Wildman–Crippen LogP) is 4.56. The Morgan fingerprint density at radius 1 is 1.08 bits per heavy atom. The minimum absolute atomic E-state index is 0.0583. The van der Waals surface area contributed by atoms with Crippen LogP contribution in [0.1, 0.15) is 23.6 Å². The molecule has 9 heteroatoms. The summed E-state index contributed by atoms with van der Waals surface area (Å²) in [5, 5.41) is 2.83. The van der Waals surface area contributed by atoms with Gasteiger partial charge in [-0.05, 0) is 42.3 Å². The second kappa shape index (κ2) is 7.44. The van der Waals surface area contributed by atoms with Crippen molar-refractivity contribution in [3.63, 3.8) is 0 Å². The Hall–Kier alpha value is -1.80. The molecular weight excluding hydrogens is 390 g/mol. The third-order valence-corrected chi connectivity index (χ3v) is 4.49. The monoisotopic (exact) mass is 403 g/mol. The second-order valence-electron chi connectivity index (χ2n) is 5.86. The molecule has 0 radical (unpaired) electrons. The first-order valence-electron chi connectivity index (χ1n) is 7.68. The smallest absolute Gasteiger partial charge is 0.324 e. The van der Waals surface area contributed by atoms with Gasteiger partial charge in [-0.1, -0.05) is 35.3 Å². The number of nitrogens with one attached hydrogen (secondary N) is 3. The van der Waals surface area contributed by atoms with Crippen molar-refractivity contribution >= 4 is 34.8 Å². The topological polar surface area (TPSA) is 53.2 Å². The van der Waals surface area contributed by atoms with Crippen molar-refractivity contribution in [3.8, 4) is 0 Å². The van der Waals surface area contributed by atoms with Gasteiger partial charge in [-0.2, -0.15) is 13.2 Å². The highest BCUT2D eigenvalue weighted by molar-refractivity contribution is 6.31. The molecule has 1 heterocycles. The lowest BCUT2D eigenvalue weighted by molar-refractivity contribution is -0.137. The lowest BCUT2D eigenvalue weighted by Gasteiger charge is -2.16. The maximum atomic E-state index is 13.1. The standard InChI is InChI=1S/C17H14Cl2F3N3O/c18-10-3-1-2-9(6-10)14-8-15(25-24-14)16(26)23-13-5-4-11(19)7-12(13)17(20,21)22/h1-7,14-15,24-25H,8H2,(H,23,26). The molecular formula is C17H14Cl2F3N3O. The number of hydrogen-bond donors (Lipinski definition) is 3. The number of benzene rings is 2. The van der Waals surface area contributed by atoms with Gasteiger partial charge in [0, 0.05) is 16.1 Å². The summed E-state index contributed by atoms with van der Waals surface area (Å²) in [5.41, 5.74) is 5.31. The van der Waals surface area contributed by atoms with Crippen LogP contribution in [0.3, 0.4) is 0 Å². The van der Waals surface area contributed by atoms with Crippen molar-refractivity contribution < 1.29 is 18.0 Å². The molecule has 138 valence electrons. The molecule has 4 nitrogen and oxygen atoms in total. The molecule has 2 unspecified atom stereocenters.